The van der Waals surface area contributed by atoms with E-state index < -0.39 is 18.2 Å². The van der Waals surface area contributed by atoms with Crippen molar-refractivity contribution in [3.63, 3.8) is 0 Å². The molecule has 0 radical (unpaired) electrons. The number of amides is 2. The Morgan fingerprint density at radius 1 is 1.19 bits per heavy atom. The zero-order chi connectivity index (χ0) is 18.9. The van der Waals surface area contributed by atoms with Crippen LogP contribution in [0.1, 0.15) is 56.3 Å². The Bertz CT molecular complexity index is 641. The normalized spacial score (nSPS) is 15.6. The van der Waals surface area contributed by atoms with Gasteiger partial charge in [-0.1, -0.05) is 25.3 Å². The van der Waals surface area contributed by atoms with Gasteiger partial charge in [-0.25, -0.2) is 9.59 Å². The second-order valence-electron chi connectivity index (χ2n) is 6.32. The largest absolute Gasteiger partial charge is 0.450 e. The number of nitrogens with one attached hydrogen (secondary N) is 2. The number of anilines is 1. The molecular weight excluding hydrogens is 336 g/mol. The highest BCUT2D eigenvalue weighted by atomic mass is 16.6. The Labute approximate surface area is 153 Å². The van der Waals surface area contributed by atoms with Crippen molar-refractivity contribution in [2.75, 3.05) is 11.9 Å². The Balaban J connectivity index is 1.89. The van der Waals surface area contributed by atoms with E-state index in [9.17, 15) is 14.4 Å². The lowest BCUT2D eigenvalue weighted by Gasteiger charge is -2.24. The second kappa shape index (κ2) is 9.79. The van der Waals surface area contributed by atoms with Crippen molar-refractivity contribution in [3.8, 4) is 0 Å². The van der Waals surface area contributed by atoms with E-state index in [0.717, 1.165) is 25.7 Å². The van der Waals surface area contributed by atoms with Crippen LogP contribution in [0.15, 0.2) is 24.3 Å². The number of benzene rings is 1. The van der Waals surface area contributed by atoms with Crippen LogP contribution in [0, 0.1) is 0 Å². The molecule has 0 heterocycles. The summed E-state index contributed by atoms with van der Waals surface area (Å²) in [7, 11) is 0. The van der Waals surface area contributed by atoms with Crippen LogP contribution in [0.25, 0.3) is 0 Å². The van der Waals surface area contributed by atoms with Crippen molar-refractivity contribution in [3.05, 3.63) is 29.8 Å². The molecule has 0 bridgehead atoms. The van der Waals surface area contributed by atoms with Crippen molar-refractivity contribution in [2.24, 2.45) is 0 Å². The van der Waals surface area contributed by atoms with Crippen LogP contribution in [0.4, 0.5) is 10.5 Å². The average Bonchev–Trinajstić information content (AvgIpc) is 2.62. The maximum Gasteiger partial charge on any atom is 0.411 e. The van der Waals surface area contributed by atoms with Gasteiger partial charge in [0.2, 0.25) is 0 Å². The van der Waals surface area contributed by atoms with E-state index in [2.05, 4.69) is 10.6 Å². The van der Waals surface area contributed by atoms with Gasteiger partial charge in [0.05, 0.1) is 12.2 Å². The zero-order valence-corrected chi connectivity index (χ0v) is 15.2. The third-order valence-electron chi connectivity index (χ3n) is 4.22. The lowest BCUT2D eigenvalue weighted by atomic mass is 9.95. The van der Waals surface area contributed by atoms with E-state index in [1.165, 1.54) is 12.5 Å². The molecule has 1 saturated carbocycles. The van der Waals surface area contributed by atoms with Gasteiger partial charge >= 0.3 is 12.1 Å². The fourth-order valence-corrected chi connectivity index (χ4v) is 2.86. The molecule has 2 amide bonds. The van der Waals surface area contributed by atoms with Gasteiger partial charge in [0.15, 0.2) is 6.10 Å². The summed E-state index contributed by atoms with van der Waals surface area (Å²) in [4.78, 5) is 35.9. The Morgan fingerprint density at radius 2 is 1.92 bits per heavy atom. The van der Waals surface area contributed by atoms with Crippen molar-refractivity contribution >= 4 is 23.7 Å². The topological polar surface area (TPSA) is 93.7 Å². The number of hydrogen-bond acceptors (Lipinski definition) is 5. The zero-order valence-electron chi connectivity index (χ0n) is 15.2. The third kappa shape index (κ3) is 6.06. The van der Waals surface area contributed by atoms with Gasteiger partial charge < -0.3 is 14.8 Å². The summed E-state index contributed by atoms with van der Waals surface area (Å²) in [5, 5.41) is 5.46. The minimum absolute atomic E-state index is 0.162. The van der Waals surface area contributed by atoms with Crippen LogP contribution in [-0.2, 0) is 14.3 Å². The van der Waals surface area contributed by atoms with Gasteiger partial charge in [-0.3, -0.25) is 10.1 Å². The summed E-state index contributed by atoms with van der Waals surface area (Å²) < 4.78 is 10.0. The Morgan fingerprint density at radius 3 is 2.62 bits per heavy atom. The number of carbonyl (C=O) groups is 3. The van der Waals surface area contributed by atoms with Crippen molar-refractivity contribution in [2.45, 2.75) is 58.1 Å². The van der Waals surface area contributed by atoms with Gasteiger partial charge in [-0.2, -0.15) is 0 Å². The SMILES string of the molecule is CCOC(=O)Nc1cccc(C(=O)O[C@H](C)C(=O)NC2CCCCC2)c1. The Kier molecular flexibility index (Phi) is 7.44. The van der Waals surface area contributed by atoms with Crippen LogP contribution in [0.2, 0.25) is 0 Å². The van der Waals surface area contributed by atoms with Crippen LogP contribution in [0.5, 0.6) is 0 Å². The van der Waals surface area contributed by atoms with E-state index in [0.29, 0.717) is 5.69 Å². The molecule has 7 nitrogen and oxygen atoms in total. The molecule has 26 heavy (non-hydrogen) atoms. The summed E-state index contributed by atoms with van der Waals surface area (Å²) in [6, 6.07) is 6.45. The van der Waals surface area contributed by atoms with Crippen LogP contribution in [0.3, 0.4) is 0 Å². The van der Waals surface area contributed by atoms with Gasteiger partial charge in [0.25, 0.3) is 5.91 Å². The summed E-state index contributed by atoms with van der Waals surface area (Å²) in [6.07, 6.45) is 3.87. The van der Waals surface area contributed by atoms with Gasteiger partial charge in [0.1, 0.15) is 0 Å². The number of esters is 1. The lowest BCUT2D eigenvalue weighted by Crippen LogP contribution is -2.42. The molecule has 0 aromatic heterocycles. The molecule has 1 aliphatic rings. The molecule has 1 aromatic rings. The summed E-state index contributed by atoms with van der Waals surface area (Å²) in [6.45, 7) is 3.51. The third-order valence-corrected chi connectivity index (χ3v) is 4.22. The summed E-state index contributed by atoms with van der Waals surface area (Å²) >= 11 is 0. The van der Waals surface area contributed by atoms with E-state index in [4.69, 9.17) is 9.47 Å². The maximum atomic E-state index is 12.3. The Hall–Kier alpha value is -2.57. The monoisotopic (exact) mass is 362 g/mol. The fourth-order valence-electron chi connectivity index (χ4n) is 2.86. The standard InChI is InChI=1S/C19H26N2O5/c1-3-25-19(24)21-16-11-7-8-14(12-16)18(23)26-13(2)17(22)20-15-9-5-4-6-10-15/h7-8,11-13,15H,3-6,9-10H2,1-2H3,(H,20,22)(H,21,24)/t13-/m1/s1. The van der Waals surface area contributed by atoms with Gasteiger partial charge in [-0.05, 0) is 44.9 Å². The van der Waals surface area contributed by atoms with Crippen LogP contribution in [-0.4, -0.2) is 36.7 Å². The molecule has 1 aliphatic carbocycles. The summed E-state index contributed by atoms with van der Waals surface area (Å²) in [5.41, 5.74) is 0.661. The van der Waals surface area contributed by atoms with E-state index >= 15 is 0 Å². The highest BCUT2D eigenvalue weighted by Crippen LogP contribution is 2.18. The summed E-state index contributed by atoms with van der Waals surface area (Å²) in [5.74, 6) is -0.908. The molecule has 0 unspecified atom stereocenters. The predicted molar refractivity (Wildman–Crippen MR) is 97.0 cm³/mol. The molecule has 2 N–H and O–H groups in total. The quantitative estimate of drug-likeness (QED) is 0.758. The molecular formula is C19H26N2O5. The van der Waals surface area contributed by atoms with Gasteiger partial charge in [-0.15, -0.1) is 0 Å². The van der Waals surface area contributed by atoms with E-state index in [1.807, 2.05) is 0 Å². The predicted octanol–water partition coefficient (Wildman–Crippen LogP) is 3.25. The molecule has 1 atom stereocenters. The highest BCUT2D eigenvalue weighted by Gasteiger charge is 2.23. The molecule has 0 aliphatic heterocycles. The number of hydrogen-bond donors (Lipinski definition) is 2. The first kappa shape index (κ1) is 19.8. The molecule has 7 heteroatoms. The first-order valence-corrected chi connectivity index (χ1v) is 9.04. The molecule has 0 spiro atoms. The highest BCUT2D eigenvalue weighted by molar-refractivity contribution is 5.94. The minimum Gasteiger partial charge on any atom is -0.450 e. The second-order valence-corrected chi connectivity index (χ2v) is 6.32. The fraction of sp³-hybridized carbons (Fsp3) is 0.526. The van der Waals surface area contributed by atoms with E-state index in [1.54, 1.807) is 32.0 Å². The number of ether oxygens (including phenoxy) is 2. The number of rotatable bonds is 6. The lowest BCUT2D eigenvalue weighted by molar-refractivity contribution is -0.130. The molecule has 2 rings (SSSR count). The molecule has 0 saturated heterocycles. The minimum atomic E-state index is -0.883. The maximum absolute atomic E-state index is 12.3. The van der Waals surface area contributed by atoms with Crippen molar-refractivity contribution in [1.82, 2.24) is 5.32 Å². The molecule has 142 valence electrons. The number of carbonyl (C=O) groups excluding carboxylic acids is 3. The van der Waals surface area contributed by atoms with Gasteiger partial charge in [0, 0.05) is 11.7 Å². The molecule has 1 fully saturated rings. The average molecular weight is 362 g/mol. The first-order valence-electron chi connectivity index (χ1n) is 9.04. The smallest absolute Gasteiger partial charge is 0.411 e. The van der Waals surface area contributed by atoms with Crippen molar-refractivity contribution in [1.29, 1.82) is 0 Å². The first-order chi connectivity index (χ1) is 12.5. The molecule has 1 aromatic carbocycles. The van der Waals surface area contributed by atoms with E-state index in [-0.39, 0.29) is 24.1 Å². The van der Waals surface area contributed by atoms with Crippen molar-refractivity contribution < 1.29 is 23.9 Å². The van der Waals surface area contributed by atoms with Crippen LogP contribution < -0.4 is 10.6 Å². The van der Waals surface area contributed by atoms with Crippen LogP contribution >= 0.6 is 0 Å².